The molecule has 0 spiro atoms. The summed E-state index contributed by atoms with van der Waals surface area (Å²) in [6.07, 6.45) is 2.37. The van der Waals surface area contributed by atoms with Gasteiger partial charge in [0.25, 0.3) is 0 Å². The van der Waals surface area contributed by atoms with Crippen molar-refractivity contribution in [1.82, 2.24) is 14.2 Å². The van der Waals surface area contributed by atoms with Crippen LogP contribution in [0.25, 0.3) is 5.65 Å². The number of carbonyl (C=O) groups excluding carboxylic acids is 1. The van der Waals surface area contributed by atoms with Crippen molar-refractivity contribution in [2.45, 2.75) is 19.9 Å². The normalized spacial score (nSPS) is 10.6. The summed E-state index contributed by atoms with van der Waals surface area (Å²) in [7, 11) is 0. The minimum absolute atomic E-state index is 0.152. The zero-order valence-electron chi connectivity index (χ0n) is 9.50. The number of pyridine rings is 1. The summed E-state index contributed by atoms with van der Waals surface area (Å²) in [6.45, 7) is 2.12. The highest BCUT2D eigenvalue weighted by Gasteiger charge is 2.10. The summed E-state index contributed by atoms with van der Waals surface area (Å²) in [5, 5.41) is 4.03. The van der Waals surface area contributed by atoms with Crippen LogP contribution in [-0.2, 0) is 16.1 Å². The van der Waals surface area contributed by atoms with Crippen molar-refractivity contribution in [2.24, 2.45) is 0 Å². The van der Waals surface area contributed by atoms with Gasteiger partial charge in [0.1, 0.15) is 6.54 Å². The Morgan fingerprint density at radius 3 is 3.00 bits per heavy atom. The highest BCUT2D eigenvalue weighted by atomic mass is 16.5. The number of esters is 1. The fourth-order valence-corrected chi connectivity index (χ4v) is 1.45. The van der Waals surface area contributed by atoms with E-state index in [1.807, 2.05) is 6.92 Å². The van der Waals surface area contributed by atoms with Crippen molar-refractivity contribution in [3.63, 3.8) is 0 Å². The zero-order valence-corrected chi connectivity index (χ0v) is 9.50. The molecule has 0 aliphatic carbocycles. The first-order valence-corrected chi connectivity index (χ1v) is 5.42. The fraction of sp³-hybridized carbons (Fsp3) is 0.364. The Balaban J connectivity index is 2.22. The van der Waals surface area contributed by atoms with Gasteiger partial charge in [-0.25, -0.2) is 9.48 Å². The molecule has 0 saturated heterocycles. The molecule has 0 aliphatic rings. The molecule has 0 N–H and O–H groups in total. The maximum atomic E-state index is 11.8. The summed E-state index contributed by atoms with van der Waals surface area (Å²) in [5.41, 5.74) is 0.176. The van der Waals surface area contributed by atoms with Crippen LogP contribution in [0.15, 0.2) is 29.2 Å². The molecule has 6 heteroatoms. The number of rotatable bonds is 4. The van der Waals surface area contributed by atoms with Gasteiger partial charge in [-0.15, -0.1) is 5.10 Å². The summed E-state index contributed by atoms with van der Waals surface area (Å²) in [5.74, 6) is -0.447. The molecule has 0 saturated carbocycles. The monoisotopic (exact) mass is 235 g/mol. The molecule has 0 aliphatic heterocycles. The lowest BCUT2D eigenvalue weighted by molar-refractivity contribution is -0.144. The second kappa shape index (κ2) is 4.82. The number of nitrogens with zero attached hydrogens (tertiary/aromatic N) is 3. The lowest BCUT2D eigenvalue weighted by Crippen LogP contribution is -2.26. The van der Waals surface area contributed by atoms with Crippen molar-refractivity contribution >= 4 is 11.6 Å². The van der Waals surface area contributed by atoms with Crippen LogP contribution in [0.1, 0.15) is 13.3 Å². The smallest absolute Gasteiger partial charge is 0.350 e. The molecule has 0 radical (unpaired) electrons. The molecule has 0 bridgehead atoms. The van der Waals surface area contributed by atoms with Crippen LogP contribution < -0.4 is 5.69 Å². The maximum absolute atomic E-state index is 11.8. The average molecular weight is 235 g/mol. The van der Waals surface area contributed by atoms with Crippen molar-refractivity contribution < 1.29 is 9.53 Å². The third kappa shape index (κ3) is 2.35. The standard InChI is InChI=1S/C11H13N3O3/c1-2-7-17-10(15)8-14-11(16)13-6-4-3-5-9(13)12-14/h3-6H,2,7-8H2,1H3. The minimum atomic E-state index is -0.447. The number of aromatic nitrogens is 3. The minimum Gasteiger partial charge on any atom is -0.464 e. The van der Waals surface area contributed by atoms with Gasteiger partial charge in [-0.2, -0.15) is 0 Å². The Morgan fingerprint density at radius 2 is 2.29 bits per heavy atom. The van der Waals surface area contributed by atoms with Crippen LogP contribution in [-0.4, -0.2) is 26.8 Å². The van der Waals surface area contributed by atoms with Crippen LogP contribution >= 0.6 is 0 Å². The molecule has 0 fully saturated rings. The Labute approximate surface area is 97.4 Å². The SMILES string of the molecule is CCCOC(=O)Cn1nc2ccccn2c1=O. The first-order valence-electron chi connectivity index (χ1n) is 5.42. The third-order valence-corrected chi connectivity index (χ3v) is 2.23. The van der Waals surface area contributed by atoms with Crippen molar-refractivity contribution in [3.8, 4) is 0 Å². The van der Waals surface area contributed by atoms with E-state index in [0.29, 0.717) is 12.3 Å². The van der Waals surface area contributed by atoms with Gasteiger partial charge < -0.3 is 4.74 Å². The molecule has 0 atom stereocenters. The van der Waals surface area contributed by atoms with Gasteiger partial charge >= 0.3 is 11.7 Å². The predicted octanol–water partition coefficient (Wildman–Crippen LogP) is 0.449. The van der Waals surface area contributed by atoms with Gasteiger partial charge in [-0.1, -0.05) is 13.0 Å². The molecular weight excluding hydrogens is 222 g/mol. The fourth-order valence-electron chi connectivity index (χ4n) is 1.45. The molecule has 0 unspecified atom stereocenters. The number of fused-ring (bicyclic) bond motifs is 1. The van der Waals surface area contributed by atoms with Gasteiger partial charge in [0, 0.05) is 6.20 Å². The molecule has 2 aromatic rings. The van der Waals surface area contributed by atoms with Gasteiger partial charge in [0.15, 0.2) is 5.65 Å². The van der Waals surface area contributed by atoms with Gasteiger partial charge in [0.2, 0.25) is 0 Å². The molecular formula is C11H13N3O3. The van der Waals surface area contributed by atoms with Crippen LogP contribution in [0.3, 0.4) is 0 Å². The van der Waals surface area contributed by atoms with Gasteiger partial charge in [-0.3, -0.25) is 9.20 Å². The van der Waals surface area contributed by atoms with Crippen LogP contribution in [0, 0.1) is 0 Å². The summed E-state index contributed by atoms with van der Waals surface area (Å²) in [6, 6.07) is 5.21. The van der Waals surface area contributed by atoms with E-state index in [1.54, 1.807) is 24.4 Å². The second-order valence-electron chi connectivity index (χ2n) is 3.59. The highest BCUT2D eigenvalue weighted by molar-refractivity contribution is 5.69. The Bertz CT molecular complexity index is 585. The van der Waals surface area contributed by atoms with E-state index in [9.17, 15) is 9.59 Å². The van der Waals surface area contributed by atoms with E-state index in [2.05, 4.69) is 5.10 Å². The van der Waals surface area contributed by atoms with Gasteiger partial charge in [-0.05, 0) is 18.6 Å². The topological polar surface area (TPSA) is 65.6 Å². The number of ether oxygens (including phenoxy) is 1. The van der Waals surface area contributed by atoms with Gasteiger partial charge in [0.05, 0.1) is 6.61 Å². The molecule has 2 aromatic heterocycles. The average Bonchev–Trinajstić information content (AvgIpc) is 2.64. The highest BCUT2D eigenvalue weighted by Crippen LogP contribution is 1.95. The Morgan fingerprint density at radius 1 is 1.47 bits per heavy atom. The van der Waals surface area contributed by atoms with Crippen LogP contribution in [0.2, 0.25) is 0 Å². The lowest BCUT2D eigenvalue weighted by Gasteiger charge is -2.01. The quantitative estimate of drug-likeness (QED) is 0.722. The maximum Gasteiger partial charge on any atom is 0.350 e. The Hall–Kier alpha value is -2.11. The lowest BCUT2D eigenvalue weighted by atomic mass is 10.5. The van der Waals surface area contributed by atoms with E-state index in [1.165, 1.54) is 4.40 Å². The zero-order chi connectivity index (χ0) is 12.3. The number of hydrogen-bond donors (Lipinski definition) is 0. The van der Waals surface area contributed by atoms with E-state index in [-0.39, 0.29) is 12.2 Å². The number of hydrogen-bond acceptors (Lipinski definition) is 4. The van der Waals surface area contributed by atoms with E-state index >= 15 is 0 Å². The summed E-state index contributed by atoms with van der Waals surface area (Å²) < 4.78 is 7.38. The predicted molar refractivity (Wildman–Crippen MR) is 60.7 cm³/mol. The van der Waals surface area contributed by atoms with Crippen LogP contribution in [0.5, 0.6) is 0 Å². The molecule has 6 nitrogen and oxygen atoms in total. The van der Waals surface area contributed by atoms with Crippen LogP contribution in [0.4, 0.5) is 0 Å². The third-order valence-electron chi connectivity index (χ3n) is 2.23. The first-order chi connectivity index (χ1) is 8.22. The van der Waals surface area contributed by atoms with Crippen molar-refractivity contribution in [1.29, 1.82) is 0 Å². The molecule has 2 rings (SSSR count). The number of carbonyl (C=O) groups is 1. The second-order valence-corrected chi connectivity index (χ2v) is 3.59. The van der Waals surface area contributed by atoms with E-state index < -0.39 is 5.97 Å². The molecule has 0 amide bonds. The first kappa shape index (κ1) is 11.4. The molecule has 0 aromatic carbocycles. The molecule has 17 heavy (non-hydrogen) atoms. The Kier molecular flexibility index (Phi) is 3.22. The summed E-state index contributed by atoms with van der Waals surface area (Å²) in [4.78, 5) is 23.2. The van der Waals surface area contributed by atoms with Crippen molar-refractivity contribution in [2.75, 3.05) is 6.61 Å². The van der Waals surface area contributed by atoms with E-state index in [0.717, 1.165) is 11.1 Å². The largest absolute Gasteiger partial charge is 0.464 e. The molecule has 2 heterocycles. The van der Waals surface area contributed by atoms with Crippen molar-refractivity contribution in [3.05, 3.63) is 34.9 Å². The van der Waals surface area contributed by atoms with E-state index in [4.69, 9.17) is 4.74 Å². The molecule has 90 valence electrons. The summed E-state index contributed by atoms with van der Waals surface area (Å²) >= 11 is 0.